The standard InChI is InChI=1S/C14H18N4O/c1-11-8-15-6-4-13(11)9-16-14(19)12(2)10-18-7-3-5-17-18/h3-8,12H,9-10H2,1-2H3,(H,16,19)/t12-/m0/s1. The molecule has 2 aromatic heterocycles. The summed E-state index contributed by atoms with van der Waals surface area (Å²) < 4.78 is 1.77. The number of nitrogens with zero attached hydrogens (tertiary/aromatic N) is 3. The average molecular weight is 258 g/mol. The molecular weight excluding hydrogens is 240 g/mol. The van der Waals surface area contributed by atoms with Crippen LogP contribution in [0.5, 0.6) is 0 Å². The van der Waals surface area contributed by atoms with Crippen molar-refractivity contribution in [1.29, 1.82) is 0 Å². The number of hydrogen-bond acceptors (Lipinski definition) is 3. The van der Waals surface area contributed by atoms with E-state index in [0.29, 0.717) is 13.1 Å². The lowest BCUT2D eigenvalue weighted by atomic mass is 10.1. The zero-order valence-corrected chi connectivity index (χ0v) is 11.2. The van der Waals surface area contributed by atoms with Crippen LogP contribution in [-0.2, 0) is 17.9 Å². The fourth-order valence-corrected chi connectivity index (χ4v) is 1.83. The van der Waals surface area contributed by atoms with E-state index in [1.54, 1.807) is 23.3 Å². The molecular formula is C14H18N4O. The van der Waals surface area contributed by atoms with Gasteiger partial charge in [0, 0.05) is 31.3 Å². The Bertz CT molecular complexity index is 536. The third-order valence-corrected chi connectivity index (χ3v) is 3.06. The van der Waals surface area contributed by atoms with E-state index < -0.39 is 0 Å². The van der Waals surface area contributed by atoms with Crippen molar-refractivity contribution in [1.82, 2.24) is 20.1 Å². The van der Waals surface area contributed by atoms with Crippen LogP contribution in [0.25, 0.3) is 0 Å². The molecule has 5 heteroatoms. The van der Waals surface area contributed by atoms with Crippen LogP contribution in [-0.4, -0.2) is 20.7 Å². The highest BCUT2D eigenvalue weighted by atomic mass is 16.1. The van der Waals surface area contributed by atoms with Crippen molar-refractivity contribution in [3.8, 4) is 0 Å². The summed E-state index contributed by atoms with van der Waals surface area (Å²) in [5.74, 6) is -0.0752. The minimum absolute atomic E-state index is 0.0340. The lowest BCUT2D eigenvalue weighted by Crippen LogP contribution is -2.31. The molecule has 2 aromatic rings. The smallest absolute Gasteiger partial charge is 0.224 e. The van der Waals surface area contributed by atoms with Crippen molar-refractivity contribution in [2.45, 2.75) is 26.9 Å². The maximum absolute atomic E-state index is 12.0. The number of aryl methyl sites for hydroxylation is 1. The molecule has 0 saturated carbocycles. The molecule has 0 radical (unpaired) electrons. The SMILES string of the molecule is Cc1cnccc1CNC(=O)[C@@H](C)Cn1cccn1. The average Bonchev–Trinajstić information content (AvgIpc) is 2.90. The van der Waals surface area contributed by atoms with Gasteiger partial charge in [0.15, 0.2) is 0 Å². The molecule has 1 amide bonds. The molecule has 1 N–H and O–H groups in total. The normalized spacial score (nSPS) is 12.1. The van der Waals surface area contributed by atoms with Gasteiger partial charge in [0.05, 0.1) is 12.5 Å². The van der Waals surface area contributed by atoms with E-state index >= 15 is 0 Å². The van der Waals surface area contributed by atoms with Crippen molar-refractivity contribution in [2.24, 2.45) is 5.92 Å². The van der Waals surface area contributed by atoms with Crippen LogP contribution >= 0.6 is 0 Å². The molecule has 0 aliphatic carbocycles. The van der Waals surface area contributed by atoms with Gasteiger partial charge in [-0.3, -0.25) is 14.5 Å². The van der Waals surface area contributed by atoms with E-state index in [1.165, 1.54) is 0 Å². The molecule has 0 aliphatic heterocycles. The molecule has 100 valence electrons. The molecule has 0 aromatic carbocycles. The summed E-state index contributed by atoms with van der Waals surface area (Å²) in [4.78, 5) is 16.0. The van der Waals surface area contributed by atoms with Gasteiger partial charge in [0.25, 0.3) is 0 Å². The quantitative estimate of drug-likeness (QED) is 0.885. The van der Waals surface area contributed by atoms with Gasteiger partial charge in [0.2, 0.25) is 5.91 Å². The van der Waals surface area contributed by atoms with E-state index in [9.17, 15) is 4.79 Å². The first kappa shape index (κ1) is 13.3. The van der Waals surface area contributed by atoms with E-state index in [-0.39, 0.29) is 11.8 Å². The molecule has 2 heterocycles. The number of carbonyl (C=O) groups excluding carboxylic acids is 1. The van der Waals surface area contributed by atoms with Crippen molar-refractivity contribution in [3.05, 3.63) is 48.0 Å². The van der Waals surface area contributed by atoms with Gasteiger partial charge in [-0.2, -0.15) is 5.10 Å². The fraction of sp³-hybridized carbons (Fsp3) is 0.357. The van der Waals surface area contributed by atoms with Crippen LogP contribution in [0.4, 0.5) is 0 Å². The van der Waals surface area contributed by atoms with Crippen molar-refractivity contribution >= 4 is 5.91 Å². The van der Waals surface area contributed by atoms with Gasteiger partial charge >= 0.3 is 0 Å². The first-order valence-electron chi connectivity index (χ1n) is 6.31. The summed E-state index contributed by atoms with van der Waals surface area (Å²) in [5.41, 5.74) is 2.18. The number of hydrogen-bond donors (Lipinski definition) is 1. The highest BCUT2D eigenvalue weighted by Crippen LogP contribution is 2.05. The Hall–Kier alpha value is -2.17. The summed E-state index contributed by atoms with van der Waals surface area (Å²) in [6, 6.07) is 3.78. The second-order valence-corrected chi connectivity index (χ2v) is 4.65. The van der Waals surface area contributed by atoms with Gasteiger partial charge in [0.1, 0.15) is 0 Å². The largest absolute Gasteiger partial charge is 0.352 e. The Morgan fingerprint density at radius 2 is 2.32 bits per heavy atom. The lowest BCUT2D eigenvalue weighted by Gasteiger charge is -2.13. The molecule has 0 saturated heterocycles. The zero-order chi connectivity index (χ0) is 13.7. The zero-order valence-electron chi connectivity index (χ0n) is 11.2. The Kier molecular flexibility index (Phi) is 4.28. The molecule has 0 spiro atoms. The summed E-state index contributed by atoms with van der Waals surface area (Å²) in [7, 11) is 0. The van der Waals surface area contributed by atoms with Crippen LogP contribution in [0.1, 0.15) is 18.1 Å². The van der Waals surface area contributed by atoms with Crippen molar-refractivity contribution in [2.75, 3.05) is 0 Å². The maximum atomic E-state index is 12.0. The first-order chi connectivity index (χ1) is 9.16. The van der Waals surface area contributed by atoms with Crippen LogP contribution in [0.15, 0.2) is 36.9 Å². The van der Waals surface area contributed by atoms with Gasteiger partial charge in [-0.15, -0.1) is 0 Å². The number of aromatic nitrogens is 3. The Labute approximate surface area is 112 Å². The van der Waals surface area contributed by atoms with E-state index in [0.717, 1.165) is 11.1 Å². The molecule has 1 atom stereocenters. The predicted molar refractivity (Wildman–Crippen MR) is 72.2 cm³/mol. The van der Waals surface area contributed by atoms with E-state index in [1.807, 2.05) is 32.2 Å². The van der Waals surface area contributed by atoms with Crippen LogP contribution in [0.2, 0.25) is 0 Å². The topological polar surface area (TPSA) is 59.8 Å². The minimum Gasteiger partial charge on any atom is -0.352 e. The number of carbonyl (C=O) groups is 1. The number of nitrogens with one attached hydrogen (secondary N) is 1. The Morgan fingerprint density at radius 1 is 1.47 bits per heavy atom. The third-order valence-electron chi connectivity index (χ3n) is 3.06. The third kappa shape index (κ3) is 3.64. The Morgan fingerprint density at radius 3 is 3.00 bits per heavy atom. The second-order valence-electron chi connectivity index (χ2n) is 4.65. The minimum atomic E-state index is -0.109. The van der Waals surface area contributed by atoms with Crippen LogP contribution in [0, 0.1) is 12.8 Å². The number of amides is 1. The summed E-state index contributed by atoms with van der Waals surface area (Å²) in [6.07, 6.45) is 7.11. The number of pyridine rings is 1. The van der Waals surface area contributed by atoms with E-state index in [4.69, 9.17) is 0 Å². The molecule has 19 heavy (non-hydrogen) atoms. The Balaban J connectivity index is 1.86. The van der Waals surface area contributed by atoms with Gasteiger partial charge in [-0.1, -0.05) is 6.92 Å². The molecule has 5 nitrogen and oxygen atoms in total. The van der Waals surface area contributed by atoms with Gasteiger partial charge in [-0.05, 0) is 30.2 Å². The molecule has 0 unspecified atom stereocenters. The first-order valence-corrected chi connectivity index (χ1v) is 6.31. The summed E-state index contributed by atoms with van der Waals surface area (Å²) in [6.45, 7) is 5.02. The highest BCUT2D eigenvalue weighted by molar-refractivity contribution is 5.78. The van der Waals surface area contributed by atoms with Crippen LogP contribution in [0.3, 0.4) is 0 Å². The summed E-state index contributed by atoms with van der Waals surface area (Å²) >= 11 is 0. The van der Waals surface area contributed by atoms with Crippen LogP contribution < -0.4 is 5.32 Å². The lowest BCUT2D eigenvalue weighted by molar-refractivity contribution is -0.125. The number of rotatable bonds is 5. The predicted octanol–water partition coefficient (Wildman–Crippen LogP) is 1.54. The summed E-state index contributed by atoms with van der Waals surface area (Å²) in [5, 5.41) is 7.04. The molecule has 0 aliphatic rings. The van der Waals surface area contributed by atoms with E-state index in [2.05, 4.69) is 15.4 Å². The van der Waals surface area contributed by atoms with Gasteiger partial charge in [-0.25, -0.2) is 0 Å². The van der Waals surface area contributed by atoms with Crippen molar-refractivity contribution in [3.63, 3.8) is 0 Å². The fourth-order valence-electron chi connectivity index (χ4n) is 1.83. The molecule has 2 rings (SSSR count). The molecule has 0 fully saturated rings. The molecule has 0 bridgehead atoms. The monoisotopic (exact) mass is 258 g/mol. The maximum Gasteiger partial charge on any atom is 0.224 e. The second kappa shape index (κ2) is 6.13. The van der Waals surface area contributed by atoms with Gasteiger partial charge < -0.3 is 5.32 Å². The highest BCUT2D eigenvalue weighted by Gasteiger charge is 2.13. The van der Waals surface area contributed by atoms with Crippen molar-refractivity contribution < 1.29 is 4.79 Å².